The van der Waals surface area contributed by atoms with Gasteiger partial charge in [-0.05, 0) is 57.0 Å². The zero-order valence-electron chi connectivity index (χ0n) is 22.8. The molecule has 1 aromatic carbocycles. The largest absolute Gasteiger partial charge is 0.504 e. The number of nitrogens with zero attached hydrogens (tertiary/aromatic N) is 2. The van der Waals surface area contributed by atoms with Crippen LogP contribution in [-0.4, -0.2) is 93.7 Å². The van der Waals surface area contributed by atoms with Gasteiger partial charge in [0.2, 0.25) is 11.7 Å². The lowest BCUT2D eigenvalue weighted by molar-refractivity contribution is -0.171. The highest BCUT2D eigenvalue weighted by molar-refractivity contribution is 5.89. The Kier molecular flexibility index (Phi) is 5.44. The number of rotatable bonds is 4. The highest BCUT2D eigenvalue weighted by Crippen LogP contribution is 2.65. The van der Waals surface area contributed by atoms with E-state index >= 15 is 0 Å². The second kappa shape index (κ2) is 8.43. The van der Waals surface area contributed by atoms with Crippen LogP contribution in [0, 0.1) is 0 Å². The quantitative estimate of drug-likeness (QED) is 0.524. The van der Waals surface area contributed by atoms with Crippen LogP contribution in [0.3, 0.4) is 0 Å². The number of piperidine rings is 1. The van der Waals surface area contributed by atoms with Gasteiger partial charge in [0, 0.05) is 38.4 Å². The number of phenolic OH excluding ortho intramolecular Hbond substituents is 1. The summed E-state index contributed by atoms with van der Waals surface area (Å²) in [5.41, 5.74) is -0.192. The van der Waals surface area contributed by atoms with E-state index in [-0.39, 0.29) is 30.5 Å². The molecule has 2 aliphatic carbocycles. The van der Waals surface area contributed by atoms with Gasteiger partial charge in [-0.1, -0.05) is 6.07 Å². The molecule has 214 valence electrons. The third-order valence-electron chi connectivity index (χ3n) is 9.81. The molecule has 1 aromatic rings. The van der Waals surface area contributed by atoms with Gasteiger partial charge in [-0.25, -0.2) is 9.59 Å². The molecule has 40 heavy (non-hydrogen) atoms. The molecule has 3 fully saturated rings. The Morgan fingerprint density at radius 3 is 2.77 bits per heavy atom. The Labute approximate surface area is 231 Å². The first-order chi connectivity index (χ1) is 18.9. The SMILES string of the molecule is CN1CC[C@]23c4c5ccc(O)c4O[C@H]2C(OC(=O)[C@@H]2CCCN2C(=O)C[C@@H]2OC(C)(C)OC2=O)=CC[C@@]3(O)[C@H]1C5. The van der Waals surface area contributed by atoms with Gasteiger partial charge in [0.15, 0.2) is 23.7 Å². The predicted octanol–water partition coefficient (Wildman–Crippen LogP) is 1.27. The molecule has 7 rings (SSSR count). The van der Waals surface area contributed by atoms with Gasteiger partial charge in [0.25, 0.3) is 0 Å². The van der Waals surface area contributed by atoms with Crippen molar-refractivity contribution in [1.29, 1.82) is 0 Å². The van der Waals surface area contributed by atoms with Crippen LogP contribution >= 0.6 is 0 Å². The number of aromatic hydroxyl groups is 1. The molecule has 0 radical (unpaired) electrons. The van der Waals surface area contributed by atoms with Crippen molar-refractivity contribution < 1.29 is 43.5 Å². The molecule has 2 N–H and O–H groups in total. The van der Waals surface area contributed by atoms with E-state index in [1.54, 1.807) is 26.0 Å². The van der Waals surface area contributed by atoms with Crippen LogP contribution < -0.4 is 4.74 Å². The van der Waals surface area contributed by atoms with Crippen molar-refractivity contribution in [3.8, 4) is 11.5 Å². The average molecular weight is 555 g/mol. The van der Waals surface area contributed by atoms with Crippen LogP contribution in [-0.2, 0) is 40.4 Å². The number of hydrogen-bond acceptors (Lipinski definition) is 10. The molecule has 2 bridgehead atoms. The minimum Gasteiger partial charge on any atom is -0.504 e. The molecule has 6 aliphatic rings. The normalized spacial score (nSPS) is 37.0. The number of amides is 1. The first-order valence-corrected chi connectivity index (χ1v) is 14.0. The summed E-state index contributed by atoms with van der Waals surface area (Å²) in [6.45, 7) is 4.29. The van der Waals surface area contributed by atoms with E-state index in [1.165, 1.54) is 4.90 Å². The van der Waals surface area contributed by atoms with Crippen molar-refractivity contribution in [3.63, 3.8) is 0 Å². The number of ether oxygens (including phenoxy) is 4. The average Bonchev–Trinajstić information content (AvgIpc) is 3.58. The zero-order chi connectivity index (χ0) is 28.2. The van der Waals surface area contributed by atoms with Crippen LogP contribution in [0.2, 0.25) is 0 Å². The maximum Gasteiger partial charge on any atom is 0.338 e. The van der Waals surface area contributed by atoms with Crippen LogP contribution in [0.4, 0.5) is 0 Å². The number of carbonyl (C=O) groups is 3. The van der Waals surface area contributed by atoms with Crippen molar-refractivity contribution in [3.05, 3.63) is 35.1 Å². The molecule has 1 amide bonds. The van der Waals surface area contributed by atoms with E-state index in [9.17, 15) is 24.6 Å². The summed E-state index contributed by atoms with van der Waals surface area (Å²) in [4.78, 5) is 42.5. The molecular weight excluding hydrogens is 520 g/mol. The Balaban J connectivity index is 1.15. The van der Waals surface area contributed by atoms with Gasteiger partial charge in [0.05, 0.1) is 17.4 Å². The maximum atomic E-state index is 13.6. The number of carbonyl (C=O) groups excluding carboxylic acids is 3. The fourth-order valence-corrected chi connectivity index (χ4v) is 8.06. The van der Waals surface area contributed by atoms with E-state index in [0.717, 1.165) is 17.7 Å². The summed E-state index contributed by atoms with van der Waals surface area (Å²) >= 11 is 0. The van der Waals surface area contributed by atoms with Gasteiger partial charge in [-0.3, -0.25) is 4.79 Å². The molecule has 4 heterocycles. The Morgan fingerprint density at radius 2 is 2.02 bits per heavy atom. The second-order valence-corrected chi connectivity index (χ2v) is 12.4. The van der Waals surface area contributed by atoms with E-state index in [2.05, 4.69) is 4.90 Å². The first-order valence-electron chi connectivity index (χ1n) is 14.0. The molecule has 11 nitrogen and oxygen atoms in total. The first kappa shape index (κ1) is 25.8. The summed E-state index contributed by atoms with van der Waals surface area (Å²) in [5, 5.41) is 23.0. The van der Waals surface area contributed by atoms with E-state index in [0.29, 0.717) is 43.7 Å². The fraction of sp³-hybridized carbons (Fsp3) is 0.621. The van der Waals surface area contributed by atoms with Crippen LogP contribution in [0.15, 0.2) is 24.0 Å². The summed E-state index contributed by atoms with van der Waals surface area (Å²) in [6, 6.07) is 2.54. The summed E-state index contributed by atoms with van der Waals surface area (Å²) < 4.78 is 23.1. The van der Waals surface area contributed by atoms with E-state index < -0.39 is 47.0 Å². The number of cyclic esters (lactones) is 1. The number of esters is 2. The highest BCUT2D eigenvalue weighted by Gasteiger charge is 2.72. The smallest absolute Gasteiger partial charge is 0.338 e. The topological polar surface area (TPSA) is 135 Å². The molecule has 11 heteroatoms. The Hall–Kier alpha value is -3.15. The van der Waals surface area contributed by atoms with Gasteiger partial charge in [-0.15, -0.1) is 0 Å². The van der Waals surface area contributed by atoms with Crippen molar-refractivity contribution in [2.75, 3.05) is 20.1 Å². The molecule has 4 aliphatic heterocycles. The fourth-order valence-electron chi connectivity index (χ4n) is 8.06. The lowest BCUT2D eigenvalue weighted by Gasteiger charge is -2.61. The van der Waals surface area contributed by atoms with E-state index in [4.69, 9.17) is 18.9 Å². The monoisotopic (exact) mass is 554 g/mol. The number of likely N-dealkylation sites (N-methyl/N-ethyl adjacent to an activating group) is 1. The Morgan fingerprint density at radius 1 is 1.23 bits per heavy atom. The minimum absolute atomic E-state index is 0.00340. The van der Waals surface area contributed by atoms with Crippen LogP contribution in [0.1, 0.15) is 57.1 Å². The molecule has 0 unspecified atom stereocenters. The summed E-state index contributed by atoms with van der Waals surface area (Å²) in [6.07, 6.45) is 2.21. The number of aliphatic hydroxyl groups is 1. The number of hydrogen-bond donors (Lipinski definition) is 2. The number of likely N-dealkylation sites (tertiary alicyclic amines) is 2. The zero-order valence-corrected chi connectivity index (χ0v) is 22.8. The van der Waals surface area contributed by atoms with Crippen LogP contribution in [0.5, 0.6) is 11.5 Å². The molecule has 3 saturated heterocycles. The highest BCUT2D eigenvalue weighted by atomic mass is 16.8. The van der Waals surface area contributed by atoms with Gasteiger partial charge in [0.1, 0.15) is 11.8 Å². The van der Waals surface area contributed by atoms with Crippen molar-refractivity contribution >= 4 is 17.8 Å². The second-order valence-electron chi connectivity index (χ2n) is 12.4. The van der Waals surface area contributed by atoms with Gasteiger partial charge in [-0.2, -0.15) is 0 Å². The standard InChI is InChI=1S/C29H34N2O9/c1-27(2)39-19(26(35)40-27)14-21(33)31-11-4-5-16(31)25(34)37-18-8-9-29(36)20-13-15-6-7-17(32)23-22(15)28(29,24(18)38-23)10-12-30(20)3/h6-8,16,19-20,24,32,36H,4-5,9-14H2,1-3H3/t16-,19-,20+,24-,28-,29+/m0/s1. The third kappa shape index (κ3) is 3.37. The molecule has 6 atom stereocenters. The minimum atomic E-state index is -1.16. The molecule has 0 aromatic heterocycles. The lowest BCUT2D eigenvalue weighted by Crippen LogP contribution is -2.74. The summed E-state index contributed by atoms with van der Waals surface area (Å²) in [7, 11) is 2.01. The van der Waals surface area contributed by atoms with Crippen molar-refractivity contribution in [1.82, 2.24) is 9.80 Å². The number of benzene rings is 1. The number of phenols is 1. The van der Waals surface area contributed by atoms with Crippen molar-refractivity contribution in [2.45, 2.75) is 93.5 Å². The van der Waals surface area contributed by atoms with Gasteiger partial charge < -0.3 is 39.0 Å². The summed E-state index contributed by atoms with van der Waals surface area (Å²) in [5.74, 6) is -2.02. The molecule has 1 spiro atoms. The lowest BCUT2D eigenvalue weighted by atomic mass is 9.50. The third-order valence-corrected chi connectivity index (χ3v) is 9.81. The van der Waals surface area contributed by atoms with Gasteiger partial charge >= 0.3 is 11.9 Å². The molecular formula is C29H34N2O9. The molecule has 0 saturated carbocycles. The van der Waals surface area contributed by atoms with Crippen LogP contribution in [0.25, 0.3) is 0 Å². The van der Waals surface area contributed by atoms with E-state index in [1.807, 2.05) is 13.1 Å². The predicted molar refractivity (Wildman–Crippen MR) is 137 cm³/mol. The maximum absolute atomic E-state index is 13.6. The Bertz CT molecular complexity index is 1360. The van der Waals surface area contributed by atoms with Crippen molar-refractivity contribution in [2.24, 2.45) is 0 Å².